The van der Waals surface area contributed by atoms with Gasteiger partial charge in [-0.25, -0.2) is 4.98 Å². The molecule has 0 unspecified atom stereocenters. The SMILES string of the molecule is Nc1ccc2nc(NCc3nccs3)oc2c1. The van der Waals surface area contributed by atoms with Gasteiger partial charge in [-0.05, 0) is 12.1 Å². The van der Waals surface area contributed by atoms with Crippen molar-refractivity contribution in [3.63, 3.8) is 0 Å². The smallest absolute Gasteiger partial charge is 0.296 e. The van der Waals surface area contributed by atoms with Crippen molar-refractivity contribution >= 4 is 34.1 Å². The Morgan fingerprint density at radius 3 is 3.18 bits per heavy atom. The molecule has 3 N–H and O–H groups in total. The van der Waals surface area contributed by atoms with Gasteiger partial charge in [0, 0.05) is 23.3 Å². The van der Waals surface area contributed by atoms with Crippen molar-refractivity contribution in [1.82, 2.24) is 9.97 Å². The van der Waals surface area contributed by atoms with Crippen LogP contribution in [-0.2, 0) is 6.54 Å². The van der Waals surface area contributed by atoms with Crippen molar-refractivity contribution < 1.29 is 4.42 Å². The maximum absolute atomic E-state index is 5.67. The third kappa shape index (κ3) is 2.07. The lowest BCUT2D eigenvalue weighted by Gasteiger charge is -1.96. The number of oxazole rings is 1. The molecule has 2 heterocycles. The van der Waals surface area contributed by atoms with Crippen LogP contribution in [0, 0.1) is 0 Å². The minimum atomic E-state index is 0.487. The number of hydrogen-bond donors (Lipinski definition) is 2. The van der Waals surface area contributed by atoms with Gasteiger partial charge >= 0.3 is 0 Å². The maximum atomic E-state index is 5.67. The molecule has 17 heavy (non-hydrogen) atoms. The molecule has 86 valence electrons. The standard InChI is InChI=1S/C11H10N4OS/c12-7-1-2-8-9(5-7)16-11(15-8)14-6-10-13-3-4-17-10/h1-5H,6,12H2,(H,14,15). The van der Waals surface area contributed by atoms with E-state index in [2.05, 4.69) is 15.3 Å². The molecule has 2 aromatic heterocycles. The molecule has 3 aromatic rings. The van der Waals surface area contributed by atoms with E-state index in [0.29, 0.717) is 23.8 Å². The van der Waals surface area contributed by atoms with Gasteiger partial charge < -0.3 is 15.5 Å². The first-order valence-corrected chi connectivity index (χ1v) is 5.97. The average molecular weight is 246 g/mol. The maximum Gasteiger partial charge on any atom is 0.296 e. The van der Waals surface area contributed by atoms with Crippen LogP contribution in [0.2, 0.25) is 0 Å². The van der Waals surface area contributed by atoms with Crippen molar-refractivity contribution in [3.05, 3.63) is 34.8 Å². The first-order chi connectivity index (χ1) is 8.31. The minimum Gasteiger partial charge on any atom is -0.423 e. The zero-order valence-corrected chi connectivity index (χ0v) is 9.70. The highest BCUT2D eigenvalue weighted by Crippen LogP contribution is 2.21. The van der Waals surface area contributed by atoms with Gasteiger partial charge in [-0.1, -0.05) is 0 Å². The van der Waals surface area contributed by atoms with Crippen LogP contribution in [0.1, 0.15) is 5.01 Å². The number of thiazole rings is 1. The van der Waals surface area contributed by atoms with Gasteiger partial charge in [-0.2, -0.15) is 4.98 Å². The third-order valence-corrected chi connectivity index (χ3v) is 3.07. The van der Waals surface area contributed by atoms with Crippen molar-refractivity contribution in [2.24, 2.45) is 0 Å². The van der Waals surface area contributed by atoms with E-state index in [0.717, 1.165) is 10.5 Å². The van der Waals surface area contributed by atoms with Crippen LogP contribution >= 0.6 is 11.3 Å². The lowest BCUT2D eigenvalue weighted by Crippen LogP contribution is -1.98. The summed E-state index contributed by atoms with van der Waals surface area (Å²) < 4.78 is 5.52. The zero-order valence-electron chi connectivity index (χ0n) is 8.88. The van der Waals surface area contributed by atoms with Gasteiger partial charge in [0.05, 0.1) is 6.54 Å². The Bertz CT molecular complexity index is 632. The van der Waals surface area contributed by atoms with E-state index in [9.17, 15) is 0 Å². The summed E-state index contributed by atoms with van der Waals surface area (Å²) in [4.78, 5) is 8.46. The third-order valence-electron chi connectivity index (χ3n) is 2.29. The summed E-state index contributed by atoms with van der Waals surface area (Å²) in [6, 6.07) is 5.88. The first kappa shape index (κ1) is 10.1. The Morgan fingerprint density at radius 2 is 2.35 bits per heavy atom. The lowest BCUT2D eigenvalue weighted by atomic mass is 10.3. The highest BCUT2D eigenvalue weighted by Gasteiger charge is 2.05. The summed E-state index contributed by atoms with van der Waals surface area (Å²) in [7, 11) is 0. The van der Waals surface area contributed by atoms with Gasteiger partial charge in [-0.15, -0.1) is 11.3 Å². The molecule has 0 spiro atoms. The molecule has 0 aliphatic heterocycles. The van der Waals surface area contributed by atoms with Gasteiger partial charge in [-0.3, -0.25) is 0 Å². The quantitative estimate of drug-likeness (QED) is 0.694. The zero-order chi connectivity index (χ0) is 11.7. The molecule has 5 nitrogen and oxygen atoms in total. The number of nitrogens with zero attached hydrogens (tertiary/aromatic N) is 2. The second-order valence-electron chi connectivity index (χ2n) is 3.53. The summed E-state index contributed by atoms with van der Waals surface area (Å²) >= 11 is 1.59. The molecule has 6 heteroatoms. The normalized spacial score (nSPS) is 10.8. The first-order valence-electron chi connectivity index (χ1n) is 5.09. The van der Waals surface area contributed by atoms with Crippen molar-refractivity contribution in [1.29, 1.82) is 0 Å². The predicted octanol–water partition coefficient (Wildman–Crippen LogP) is 2.48. The molecular formula is C11H10N4OS. The van der Waals surface area contributed by atoms with Crippen LogP contribution in [0.15, 0.2) is 34.2 Å². The second-order valence-corrected chi connectivity index (χ2v) is 4.50. The molecule has 0 amide bonds. The fraction of sp³-hybridized carbons (Fsp3) is 0.0909. The van der Waals surface area contributed by atoms with Crippen molar-refractivity contribution in [2.45, 2.75) is 6.54 Å². The van der Waals surface area contributed by atoms with E-state index < -0.39 is 0 Å². The fourth-order valence-corrected chi connectivity index (χ4v) is 2.06. The minimum absolute atomic E-state index is 0.487. The summed E-state index contributed by atoms with van der Waals surface area (Å²) in [5.41, 5.74) is 7.81. The average Bonchev–Trinajstić information content (AvgIpc) is 2.94. The number of rotatable bonds is 3. The number of anilines is 2. The van der Waals surface area contributed by atoms with Crippen molar-refractivity contribution in [3.8, 4) is 0 Å². The molecule has 0 bridgehead atoms. The summed E-state index contributed by atoms with van der Waals surface area (Å²) in [5, 5.41) is 6.01. The molecule has 0 saturated heterocycles. The monoisotopic (exact) mass is 246 g/mol. The topological polar surface area (TPSA) is 77.0 Å². The van der Waals surface area contributed by atoms with Gasteiger partial charge in [0.15, 0.2) is 5.58 Å². The molecule has 0 atom stereocenters. The Labute approximate surface area is 101 Å². The van der Waals surface area contributed by atoms with Crippen LogP contribution in [0.25, 0.3) is 11.1 Å². The van der Waals surface area contributed by atoms with E-state index in [1.54, 1.807) is 29.7 Å². The molecule has 1 aromatic carbocycles. The molecule has 3 rings (SSSR count). The molecule has 0 fully saturated rings. The van der Waals surface area contributed by atoms with Crippen LogP contribution in [0.4, 0.5) is 11.7 Å². The Balaban J connectivity index is 1.81. The lowest BCUT2D eigenvalue weighted by molar-refractivity contribution is 0.614. The highest BCUT2D eigenvalue weighted by molar-refractivity contribution is 7.09. The molecular weight excluding hydrogens is 236 g/mol. The number of hydrogen-bond acceptors (Lipinski definition) is 6. The number of aromatic nitrogens is 2. The Morgan fingerprint density at radius 1 is 1.41 bits per heavy atom. The van der Waals surface area contributed by atoms with Gasteiger partial charge in [0.25, 0.3) is 6.01 Å². The second kappa shape index (κ2) is 4.06. The highest BCUT2D eigenvalue weighted by atomic mass is 32.1. The number of benzene rings is 1. The van der Waals surface area contributed by atoms with E-state index >= 15 is 0 Å². The van der Waals surface area contributed by atoms with Crippen LogP contribution in [0.5, 0.6) is 0 Å². The van der Waals surface area contributed by atoms with E-state index in [1.165, 1.54) is 0 Å². The van der Waals surface area contributed by atoms with Crippen LogP contribution in [0.3, 0.4) is 0 Å². The molecule has 0 radical (unpaired) electrons. The predicted molar refractivity (Wildman–Crippen MR) is 67.9 cm³/mol. The Kier molecular flexibility index (Phi) is 2.41. The van der Waals surface area contributed by atoms with E-state index in [4.69, 9.17) is 10.2 Å². The van der Waals surface area contributed by atoms with E-state index in [-0.39, 0.29) is 0 Å². The number of fused-ring (bicyclic) bond motifs is 1. The number of nitrogen functional groups attached to an aromatic ring is 1. The number of nitrogens with one attached hydrogen (secondary N) is 1. The molecule has 0 aliphatic rings. The van der Waals surface area contributed by atoms with Crippen molar-refractivity contribution in [2.75, 3.05) is 11.1 Å². The summed E-state index contributed by atoms with van der Waals surface area (Å²) in [5.74, 6) is 0. The largest absolute Gasteiger partial charge is 0.423 e. The summed E-state index contributed by atoms with van der Waals surface area (Å²) in [6.07, 6.45) is 1.77. The molecule has 0 aliphatic carbocycles. The fourth-order valence-electron chi connectivity index (χ4n) is 1.51. The van der Waals surface area contributed by atoms with Crippen LogP contribution < -0.4 is 11.1 Å². The molecule has 0 saturated carbocycles. The summed E-state index contributed by atoms with van der Waals surface area (Å²) in [6.45, 7) is 0.611. The Hall–Kier alpha value is -2.08. The van der Waals surface area contributed by atoms with Crippen LogP contribution in [-0.4, -0.2) is 9.97 Å². The van der Waals surface area contributed by atoms with E-state index in [1.807, 2.05) is 11.4 Å². The van der Waals surface area contributed by atoms with Gasteiger partial charge in [0.1, 0.15) is 10.5 Å². The van der Waals surface area contributed by atoms with Gasteiger partial charge in [0.2, 0.25) is 0 Å². The number of nitrogens with two attached hydrogens (primary N) is 1.